The average Bonchev–Trinajstić information content (AvgIpc) is 2.91. The Kier molecular flexibility index (Phi) is 4.00. The first kappa shape index (κ1) is 13.5. The number of rotatable bonds is 4. The highest BCUT2D eigenvalue weighted by atomic mass is 79.9. The molecule has 20 heavy (non-hydrogen) atoms. The monoisotopic (exact) mass is 349 g/mol. The van der Waals surface area contributed by atoms with E-state index in [1.807, 2.05) is 0 Å². The van der Waals surface area contributed by atoms with Crippen LogP contribution in [-0.2, 0) is 6.42 Å². The van der Waals surface area contributed by atoms with E-state index in [1.54, 1.807) is 18.1 Å². The fourth-order valence-electron chi connectivity index (χ4n) is 1.87. The SMILES string of the molecule is NCCc1ccc(Sc2ncnc3nc[nH]c23)c(Br)c1. The predicted octanol–water partition coefficient (Wildman–Crippen LogP) is 2.77. The summed E-state index contributed by atoms with van der Waals surface area (Å²) in [5.41, 5.74) is 8.33. The minimum absolute atomic E-state index is 0.652. The van der Waals surface area contributed by atoms with Gasteiger partial charge in [-0.1, -0.05) is 17.8 Å². The molecule has 3 aromatic rings. The van der Waals surface area contributed by atoms with Crippen LogP contribution in [0.25, 0.3) is 11.2 Å². The highest BCUT2D eigenvalue weighted by Crippen LogP contribution is 2.35. The highest BCUT2D eigenvalue weighted by molar-refractivity contribution is 9.10. The molecule has 2 aromatic heterocycles. The van der Waals surface area contributed by atoms with E-state index in [1.165, 1.54) is 11.9 Å². The lowest BCUT2D eigenvalue weighted by molar-refractivity contribution is 0.964. The second kappa shape index (κ2) is 5.90. The molecule has 0 aliphatic rings. The first-order valence-corrected chi connectivity index (χ1v) is 7.69. The number of hydrogen-bond acceptors (Lipinski definition) is 5. The summed E-state index contributed by atoms with van der Waals surface area (Å²) in [6, 6.07) is 6.26. The summed E-state index contributed by atoms with van der Waals surface area (Å²) in [4.78, 5) is 16.7. The highest BCUT2D eigenvalue weighted by Gasteiger charge is 2.10. The molecule has 0 aliphatic heterocycles. The van der Waals surface area contributed by atoms with E-state index >= 15 is 0 Å². The van der Waals surface area contributed by atoms with Crippen molar-refractivity contribution in [2.24, 2.45) is 5.73 Å². The minimum Gasteiger partial charge on any atom is -0.341 e. The Morgan fingerprint density at radius 1 is 1.25 bits per heavy atom. The maximum atomic E-state index is 5.57. The van der Waals surface area contributed by atoms with Crippen molar-refractivity contribution in [3.63, 3.8) is 0 Å². The maximum Gasteiger partial charge on any atom is 0.181 e. The number of halogens is 1. The van der Waals surface area contributed by atoms with Crippen molar-refractivity contribution < 1.29 is 0 Å². The quantitative estimate of drug-likeness (QED) is 0.708. The third kappa shape index (κ3) is 2.70. The van der Waals surface area contributed by atoms with E-state index in [-0.39, 0.29) is 0 Å². The Hall–Kier alpha value is -1.44. The number of fused-ring (bicyclic) bond motifs is 1. The summed E-state index contributed by atoms with van der Waals surface area (Å²) in [6.45, 7) is 0.652. The first-order valence-electron chi connectivity index (χ1n) is 6.08. The summed E-state index contributed by atoms with van der Waals surface area (Å²) >= 11 is 5.17. The number of hydrogen-bond donors (Lipinski definition) is 2. The first-order chi connectivity index (χ1) is 9.78. The predicted molar refractivity (Wildman–Crippen MR) is 82.7 cm³/mol. The molecule has 0 atom stereocenters. The van der Waals surface area contributed by atoms with Crippen LogP contribution in [0.3, 0.4) is 0 Å². The van der Waals surface area contributed by atoms with Crippen molar-refractivity contribution in [1.82, 2.24) is 19.9 Å². The molecule has 102 valence electrons. The fraction of sp³-hybridized carbons (Fsp3) is 0.154. The van der Waals surface area contributed by atoms with E-state index in [0.29, 0.717) is 12.2 Å². The molecule has 0 bridgehead atoms. The van der Waals surface area contributed by atoms with Crippen LogP contribution in [0.2, 0.25) is 0 Å². The molecule has 5 nitrogen and oxygen atoms in total. The van der Waals surface area contributed by atoms with Crippen LogP contribution in [-0.4, -0.2) is 26.5 Å². The summed E-state index contributed by atoms with van der Waals surface area (Å²) in [6.07, 6.45) is 4.03. The summed E-state index contributed by atoms with van der Waals surface area (Å²) in [7, 11) is 0. The van der Waals surface area contributed by atoms with Crippen LogP contribution >= 0.6 is 27.7 Å². The number of nitrogens with zero attached hydrogens (tertiary/aromatic N) is 3. The average molecular weight is 350 g/mol. The molecule has 0 aliphatic carbocycles. The van der Waals surface area contributed by atoms with Gasteiger partial charge < -0.3 is 10.7 Å². The molecular weight excluding hydrogens is 338 g/mol. The van der Waals surface area contributed by atoms with Gasteiger partial charge in [0.15, 0.2) is 5.65 Å². The second-order valence-electron chi connectivity index (χ2n) is 4.19. The van der Waals surface area contributed by atoms with Crippen molar-refractivity contribution in [3.8, 4) is 0 Å². The smallest absolute Gasteiger partial charge is 0.181 e. The topological polar surface area (TPSA) is 80.5 Å². The molecule has 0 spiro atoms. The van der Waals surface area contributed by atoms with Gasteiger partial charge in [0, 0.05) is 9.37 Å². The van der Waals surface area contributed by atoms with Crippen molar-refractivity contribution in [2.75, 3.05) is 6.54 Å². The molecule has 0 fully saturated rings. The number of nitrogens with one attached hydrogen (secondary N) is 1. The molecule has 0 amide bonds. The van der Waals surface area contributed by atoms with Gasteiger partial charge in [0.2, 0.25) is 0 Å². The lowest BCUT2D eigenvalue weighted by Crippen LogP contribution is -2.02. The summed E-state index contributed by atoms with van der Waals surface area (Å²) in [5, 5.41) is 0.861. The molecule has 3 rings (SSSR count). The van der Waals surface area contributed by atoms with Gasteiger partial charge in [0.1, 0.15) is 16.9 Å². The molecule has 3 N–H and O–H groups in total. The van der Waals surface area contributed by atoms with Gasteiger partial charge in [-0.15, -0.1) is 0 Å². The Balaban J connectivity index is 1.93. The zero-order valence-corrected chi connectivity index (χ0v) is 12.9. The number of aromatic amines is 1. The molecule has 7 heteroatoms. The number of benzene rings is 1. The lowest BCUT2D eigenvalue weighted by atomic mass is 10.2. The molecule has 0 unspecified atom stereocenters. The van der Waals surface area contributed by atoms with E-state index in [0.717, 1.165) is 26.3 Å². The molecule has 0 radical (unpaired) electrons. The largest absolute Gasteiger partial charge is 0.341 e. The third-order valence-corrected chi connectivity index (χ3v) is 4.82. The van der Waals surface area contributed by atoms with Gasteiger partial charge in [-0.05, 0) is 46.6 Å². The molecular formula is C13H12BrN5S. The molecule has 0 saturated carbocycles. The van der Waals surface area contributed by atoms with Crippen molar-refractivity contribution in [2.45, 2.75) is 16.3 Å². The molecule has 2 heterocycles. The van der Waals surface area contributed by atoms with Crippen molar-refractivity contribution in [3.05, 3.63) is 40.9 Å². The molecule has 1 aromatic carbocycles. The van der Waals surface area contributed by atoms with E-state index in [4.69, 9.17) is 5.73 Å². The Bertz CT molecular complexity index is 742. The second-order valence-corrected chi connectivity index (χ2v) is 6.07. The van der Waals surface area contributed by atoms with E-state index in [9.17, 15) is 0 Å². The van der Waals surface area contributed by atoms with Crippen LogP contribution < -0.4 is 5.73 Å². The van der Waals surface area contributed by atoms with Gasteiger partial charge in [-0.2, -0.15) is 0 Å². The Labute approximate surface area is 128 Å². The number of imidazole rings is 1. The van der Waals surface area contributed by atoms with Crippen molar-refractivity contribution in [1.29, 1.82) is 0 Å². The normalized spacial score (nSPS) is 11.1. The van der Waals surface area contributed by atoms with Gasteiger partial charge in [0.05, 0.1) is 6.33 Å². The number of nitrogens with two attached hydrogens (primary N) is 1. The van der Waals surface area contributed by atoms with Gasteiger partial charge in [0.25, 0.3) is 0 Å². The van der Waals surface area contributed by atoms with Crippen LogP contribution in [0.15, 0.2) is 45.2 Å². The number of H-pyrrole nitrogens is 1. The van der Waals surface area contributed by atoms with Gasteiger partial charge in [-0.3, -0.25) is 0 Å². The third-order valence-electron chi connectivity index (χ3n) is 2.82. The summed E-state index contributed by atoms with van der Waals surface area (Å²) < 4.78 is 1.04. The van der Waals surface area contributed by atoms with Crippen molar-refractivity contribution >= 4 is 38.9 Å². The standard InChI is InChI=1S/C13H12BrN5S/c14-9-5-8(3-4-15)1-2-10(9)20-13-11-12(17-6-16-11)18-7-19-13/h1-2,5-7H,3-4,15H2,(H,16,17,18,19). The summed E-state index contributed by atoms with van der Waals surface area (Å²) in [5.74, 6) is 0. The zero-order valence-electron chi connectivity index (χ0n) is 10.5. The fourth-order valence-corrected chi connectivity index (χ4v) is 3.40. The Morgan fingerprint density at radius 2 is 2.15 bits per heavy atom. The van der Waals surface area contributed by atoms with Crippen LogP contribution in [0.1, 0.15) is 5.56 Å². The van der Waals surface area contributed by atoms with Gasteiger partial charge >= 0.3 is 0 Å². The number of aromatic nitrogens is 4. The minimum atomic E-state index is 0.652. The molecule has 0 saturated heterocycles. The maximum absolute atomic E-state index is 5.57. The van der Waals surface area contributed by atoms with Crippen LogP contribution in [0.5, 0.6) is 0 Å². The van der Waals surface area contributed by atoms with Crippen LogP contribution in [0, 0.1) is 0 Å². The van der Waals surface area contributed by atoms with Gasteiger partial charge in [-0.25, -0.2) is 15.0 Å². The zero-order chi connectivity index (χ0) is 13.9. The lowest BCUT2D eigenvalue weighted by Gasteiger charge is -2.06. The van der Waals surface area contributed by atoms with Crippen LogP contribution in [0.4, 0.5) is 0 Å². The van der Waals surface area contributed by atoms with E-state index < -0.39 is 0 Å². The Morgan fingerprint density at radius 3 is 2.95 bits per heavy atom. The van der Waals surface area contributed by atoms with E-state index in [2.05, 4.69) is 54.1 Å².